The Bertz CT molecular complexity index is 605. The van der Waals surface area contributed by atoms with Crippen molar-refractivity contribution in [2.45, 2.75) is 26.2 Å². The fourth-order valence-electron chi connectivity index (χ4n) is 2.13. The highest BCUT2D eigenvalue weighted by atomic mass is 19.1. The van der Waals surface area contributed by atoms with Crippen molar-refractivity contribution >= 4 is 5.91 Å². The average Bonchev–Trinajstić information content (AvgIpc) is 2.47. The number of hydrogen-bond acceptors (Lipinski definition) is 1. The molecule has 2 aromatic rings. The van der Waals surface area contributed by atoms with Crippen LogP contribution in [0.4, 0.5) is 4.39 Å². The molecule has 0 unspecified atom stereocenters. The van der Waals surface area contributed by atoms with Gasteiger partial charge in [-0.2, -0.15) is 0 Å². The van der Waals surface area contributed by atoms with Gasteiger partial charge in [0.05, 0.1) is 0 Å². The van der Waals surface area contributed by atoms with Gasteiger partial charge in [-0.1, -0.05) is 38.1 Å². The quantitative estimate of drug-likeness (QED) is 0.886. The molecule has 3 heteroatoms. The number of halogens is 1. The third-order valence-corrected chi connectivity index (χ3v) is 3.43. The first-order valence-electron chi connectivity index (χ1n) is 7.19. The molecule has 2 aromatic carbocycles. The summed E-state index contributed by atoms with van der Waals surface area (Å²) in [5.41, 5.74) is 2.75. The fourth-order valence-corrected chi connectivity index (χ4v) is 2.13. The van der Waals surface area contributed by atoms with Gasteiger partial charge >= 0.3 is 0 Å². The third kappa shape index (κ3) is 4.42. The number of carbonyl (C=O) groups excluding carboxylic acids is 1. The van der Waals surface area contributed by atoms with E-state index in [0.717, 1.165) is 5.56 Å². The lowest BCUT2D eigenvalue weighted by molar-refractivity contribution is 0.0954. The van der Waals surface area contributed by atoms with E-state index in [1.165, 1.54) is 17.7 Å². The van der Waals surface area contributed by atoms with Crippen molar-refractivity contribution in [3.8, 4) is 0 Å². The molecule has 21 heavy (non-hydrogen) atoms. The predicted molar refractivity (Wildman–Crippen MR) is 83.0 cm³/mol. The molecule has 0 radical (unpaired) electrons. The second-order valence-corrected chi connectivity index (χ2v) is 5.41. The molecule has 0 heterocycles. The zero-order chi connectivity index (χ0) is 15.2. The number of carbonyl (C=O) groups is 1. The molecule has 0 atom stereocenters. The van der Waals surface area contributed by atoms with E-state index >= 15 is 0 Å². The van der Waals surface area contributed by atoms with Gasteiger partial charge in [0, 0.05) is 12.1 Å². The molecule has 0 aromatic heterocycles. The number of hydrogen-bond donors (Lipinski definition) is 1. The molecule has 0 aliphatic carbocycles. The van der Waals surface area contributed by atoms with E-state index < -0.39 is 0 Å². The van der Waals surface area contributed by atoms with Crippen molar-refractivity contribution in [3.63, 3.8) is 0 Å². The van der Waals surface area contributed by atoms with Crippen LogP contribution in [0.15, 0.2) is 48.5 Å². The minimum Gasteiger partial charge on any atom is -0.352 e. The summed E-state index contributed by atoms with van der Waals surface area (Å²) in [5, 5.41) is 2.85. The summed E-state index contributed by atoms with van der Waals surface area (Å²) in [5.74, 6) is 0.111. The first-order chi connectivity index (χ1) is 10.1. The SMILES string of the molecule is CC(C)c1ccc(C(=O)NCCc2cccc(F)c2)cc1. The summed E-state index contributed by atoms with van der Waals surface area (Å²) in [4.78, 5) is 12.0. The maximum Gasteiger partial charge on any atom is 0.251 e. The van der Waals surface area contributed by atoms with E-state index in [9.17, 15) is 9.18 Å². The minimum absolute atomic E-state index is 0.0956. The molecular weight excluding hydrogens is 265 g/mol. The minimum atomic E-state index is -0.247. The number of benzene rings is 2. The second-order valence-electron chi connectivity index (χ2n) is 5.41. The van der Waals surface area contributed by atoms with Crippen LogP contribution in [0.25, 0.3) is 0 Å². The summed E-state index contributed by atoms with van der Waals surface area (Å²) in [6.07, 6.45) is 0.619. The Morgan fingerprint density at radius 1 is 1.14 bits per heavy atom. The lowest BCUT2D eigenvalue weighted by Gasteiger charge is -2.08. The van der Waals surface area contributed by atoms with Gasteiger partial charge in [-0.05, 0) is 47.7 Å². The molecule has 0 saturated carbocycles. The Hall–Kier alpha value is -2.16. The zero-order valence-corrected chi connectivity index (χ0v) is 12.4. The molecule has 2 nitrogen and oxygen atoms in total. The Morgan fingerprint density at radius 3 is 2.48 bits per heavy atom. The Balaban J connectivity index is 1.87. The first-order valence-corrected chi connectivity index (χ1v) is 7.19. The first kappa shape index (κ1) is 15.2. The summed E-state index contributed by atoms with van der Waals surface area (Å²) in [7, 11) is 0. The molecular formula is C18H20FNO. The van der Waals surface area contributed by atoms with Crippen molar-refractivity contribution in [2.24, 2.45) is 0 Å². The molecule has 0 fully saturated rings. The topological polar surface area (TPSA) is 29.1 Å². The van der Waals surface area contributed by atoms with Gasteiger partial charge in [0.25, 0.3) is 5.91 Å². The maximum absolute atomic E-state index is 13.0. The van der Waals surface area contributed by atoms with Crippen LogP contribution in [0, 0.1) is 5.82 Å². The van der Waals surface area contributed by atoms with E-state index in [2.05, 4.69) is 19.2 Å². The van der Waals surface area contributed by atoms with Crippen molar-refractivity contribution in [3.05, 3.63) is 71.0 Å². The van der Waals surface area contributed by atoms with Crippen molar-refractivity contribution in [2.75, 3.05) is 6.54 Å². The van der Waals surface area contributed by atoms with Crippen LogP contribution >= 0.6 is 0 Å². The Kier molecular flexibility index (Phi) is 5.09. The highest BCUT2D eigenvalue weighted by Crippen LogP contribution is 2.14. The van der Waals surface area contributed by atoms with Crippen LogP contribution < -0.4 is 5.32 Å². The standard InChI is InChI=1S/C18H20FNO/c1-13(2)15-6-8-16(9-7-15)18(21)20-11-10-14-4-3-5-17(19)12-14/h3-9,12-13H,10-11H2,1-2H3,(H,20,21). The van der Waals surface area contributed by atoms with Crippen LogP contribution in [0.5, 0.6) is 0 Å². The molecule has 1 N–H and O–H groups in total. The molecule has 0 spiro atoms. The lowest BCUT2D eigenvalue weighted by atomic mass is 10.0. The molecule has 0 aliphatic heterocycles. The van der Waals surface area contributed by atoms with Crippen LogP contribution in [0.3, 0.4) is 0 Å². The van der Waals surface area contributed by atoms with Crippen LogP contribution in [-0.4, -0.2) is 12.5 Å². The van der Waals surface area contributed by atoms with Gasteiger partial charge in [0.2, 0.25) is 0 Å². The number of rotatable bonds is 5. The summed E-state index contributed by atoms with van der Waals surface area (Å²) < 4.78 is 13.0. The van der Waals surface area contributed by atoms with Gasteiger partial charge < -0.3 is 5.32 Å². The monoisotopic (exact) mass is 285 g/mol. The van der Waals surface area contributed by atoms with Crippen LogP contribution in [-0.2, 0) is 6.42 Å². The molecule has 0 saturated heterocycles. The van der Waals surface area contributed by atoms with Gasteiger partial charge in [-0.3, -0.25) is 4.79 Å². The second kappa shape index (κ2) is 7.02. The van der Waals surface area contributed by atoms with Crippen molar-refractivity contribution in [1.82, 2.24) is 5.32 Å². The van der Waals surface area contributed by atoms with Gasteiger partial charge in [0.15, 0.2) is 0 Å². The average molecular weight is 285 g/mol. The smallest absolute Gasteiger partial charge is 0.251 e. The summed E-state index contributed by atoms with van der Waals surface area (Å²) in [6.45, 7) is 4.73. The fraction of sp³-hybridized carbons (Fsp3) is 0.278. The molecule has 110 valence electrons. The highest BCUT2D eigenvalue weighted by molar-refractivity contribution is 5.94. The maximum atomic E-state index is 13.0. The highest BCUT2D eigenvalue weighted by Gasteiger charge is 2.06. The third-order valence-electron chi connectivity index (χ3n) is 3.43. The lowest BCUT2D eigenvalue weighted by Crippen LogP contribution is -2.25. The van der Waals surface area contributed by atoms with E-state index in [0.29, 0.717) is 24.4 Å². The largest absolute Gasteiger partial charge is 0.352 e. The number of nitrogens with one attached hydrogen (secondary N) is 1. The van der Waals surface area contributed by atoms with E-state index in [-0.39, 0.29) is 11.7 Å². The van der Waals surface area contributed by atoms with Crippen molar-refractivity contribution in [1.29, 1.82) is 0 Å². The molecule has 0 bridgehead atoms. The van der Waals surface area contributed by atoms with Crippen LogP contribution in [0.2, 0.25) is 0 Å². The van der Waals surface area contributed by atoms with Gasteiger partial charge in [0.1, 0.15) is 5.82 Å². The van der Waals surface area contributed by atoms with Crippen LogP contribution in [0.1, 0.15) is 41.3 Å². The van der Waals surface area contributed by atoms with E-state index in [4.69, 9.17) is 0 Å². The van der Waals surface area contributed by atoms with Gasteiger partial charge in [-0.15, -0.1) is 0 Å². The summed E-state index contributed by atoms with van der Waals surface area (Å²) >= 11 is 0. The zero-order valence-electron chi connectivity index (χ0n) is 12.4. The van der Waals surface area contributed by atoms with Gasteiger partial charge in [-0.25, -0.2) is 4.39 Å². The predicted octanol–water partition coefficient (Wildman–Crippen LogP) is 3.92. The molecule has 1 amide bonds. The van der Waals surface area contributed by atoms with E-state index in [1.807, 2.05) is 30.3 Å². The number of amides is 1. The molecule has 2 rings (SSSR count). The summed E-state index contributed by atoms with van der Waals surface area (Å²) in [6, 6.07) is 14.1. The molecule has 0 aliphatic rings. The normalized spacial score (nSPS) is 10.7. The van der Waals surface area contributed by atoms with E-state index in [1.54, 1.807) is 6.07 Å². The van der Waals surface area contributed by atoms with Crippen molar-refractivity contribution < 1.29 is 9.18 Å². The Labute approximate surface area is 125 Å². The Morgan fingerprint density at radius 2 is 1.86 bits per heavy atom.